The molecule has 2 aromatic carbocycles. The number of amides is 1. The molecule has 0 saturated carbocycles. The molecule has 0 bridgehead atoms. The van der Waals surface area contributed by atoms with Crippen molar-refractivity contribution in [3.8, 4) is 11.5 Å². The Kier molecular flexibility index (Phi) is 6.48. The Morgan fingerprint density at radius 2 is 1.86 bits per heavy atom. The summed E-state index contributed by atoms with van der Waals surface area (Å²) >= 11 is 0. The van der Waals surface area contributed by atoms with Gasteiger partial charge in [-0.2, -0.15) is 4.39 Å². The van der Waals surface area contributed by atoms with Crippen molar-refractivity contribution in [1.29, 1.82) is 0 Å². The first-order chi connectivity index (χ1) is 13.3. The smallest absolute Gasteiger partial charge is 0.342 e. The lowest BCUT2D eigenvalue weighted by Crippen LogP contribution is -2.30. The van der Waals surface area contributed by atoms with E-state index in [4.69, 9.17) is 14.2 Å². The van der Waals surface area contributed by atoms with E-state index in [1.807, 2.05) is 0 Å². The molecule has 2 rings (SSSR count). The van der Waals surface area contributed by atoms with Crippen molar-refractivity contribution in [2.75, 3.05) is 19.5 Å². The maximum absolute atomic E-state index is 13.4. The highest BCUT2D eigenvalue weighted by molar-refractivity contribution is 5.98. The molecule has 0 spiro atoms. The van der Waals surface area contributed by atoms with Crippen LogP contribution in [-0.4, -0.2) is 37.1 Å². The van der Waals surface area contributed by atoms with E-state index in [0.717, 1.165) is 18.2 Å². The van der Waals surface area contributed by atoms with Crippen molar-refractivity contribution in [3.63, 3.8) is 0 Å². The fourth-order valence-corrected chi connectivity index (χ4v) is 2.22. The van der Waals surface area contributed by atoms with E-state index >= 15 is 0 Å². The summed E-state index contributed by atoms with van der Waals surface area (Å²) in [5, 5.41) is 13.1. The molecule has 0 aliphatic heterocycles. The van der Waals surface area contributed by atoms with Crippen molar-refractivity contribution < 1.29 is 33.1 Å². The van der Waals surface area contributed by atoms with Gasteiger partial charge in [-0.1, -0.05) is 0 Å². The molecule has 0 aliphatic rings. The molecule has 0 radical (unpaired) electrons. The molecular formula is C18H17FN2O7. The molecule has 0 saturated heterocycles. The number of nitro benzene ring substituents is 1. The fourth-order valence-electron chi connectivity index (χ4n) is 2.22. The number of nitrogens with zero attached hydrogens (tertiary/aromatic N) is 1. The van der Waals surface area contributed by atoms with Gasteiger partial charge in [0.2, 0.25) is 5.82 Å². The second kappa shape index (κ2) is 8.80. The number of methoxy groups -OCH3 is 2. The van der Waals surface area contributed by atoms with E-state index in [2.05, 4.69) is 5.32 Å². The lowest BCUT2D eigenvalue weighted by molar-refractivity contribution is -0.387. The number of carbonyl (C=O) groups is 2. The average Bonchev–Trinajstić information content (AvgIpc) is 2.68. The van der Waals surface area contributed by atoms with Crippen LogP contribution in [0.25, 0.3) is 0 Å². The quantitative estimate of drug-likeness (QED) is 0.437. The van der Waals surface area contributed by atoms with Gasteiger partial charge in [0, 0.05) is 17.8 Å². The SMILES string of the molecule is COc1ccc(C(=O)O[C@H](C)C(=O)Nc2ccc(F)c([N+](=O)[O-])c2)c(OC)c1. The average molecular weight is 392 g/mol. The molecule has 0 heterocycles. The molecule has 1 amide bonds. The van der Waals surface area contributed by atoms with Crippen LogP contribution in [0.5, 0.6) is 11.5 Å². The normalized spacial score (nSPS) is 11.3. The molecule has 2 aromatic rings. The van der Waals surface area contributed by atoms with Crippen LogP contribution in [0.2, 0.25) is 0 Å². The number of rotatable bonds is 7. The first kappa shape index (κ1) is 20.6. The number of ether oxygens (including phenoxy) is 3. The molecule has 0 fully saturated rings. The van der Waals surface area contributed by atoms with E-state index in [-0.39, 0.29) is 17.0 Å². The van der Waals surface area contributed by atoms with Gasteiger partial charge in [0.1, 0.15) is 17.1 Å². The van der Waals surface area contributed by atoms with Gasteiger partial charge in [-0.15, -0.1) is 0 Å². The lowest BCUT2D eigenvalue weighted by Gasteiger charge is -2.15. The van der Waals surface area contributed by atoms with Crippen LogP contribution in [0.3, 0.4) is 0 Å². The third kappa shape index (κ3) is 4.72. The first-order valence-corrected chi connectivity index (χ1v) is 7.94. The number of hydrogen-bond acceptors (Lipinski definition) is 7. The minimum atomic E-state index is -1.23. The molecule has 0 unspecified atom stereocenters. The van der Waals surface area contributed by atoms with Crippen LogP contribution < -0.4 is 14.8 Å². The Bertz CT molecular complexity index is 917. The predicted octanol–water partition coefficient (Wildman–Crippen LogP) is 2.94. The van der Waals surface area contributed by atoms with E-state index in [1.165, 1.54) is 39.3 Å². The molecule has 9 nitrogen and oxygen atoms in total. The van der Waals surface area contributed by atoms with Gasteiger partial charge in [-0.3, -0.25) is 14.9 Å². The number of hydrogen-bond donors (Lipinski definition) is 1. The van der Waals surface area contributed by atoms with Crippen molar-refractivity contribution in [1.82, 2.24) is 0 Å². The summed E-state index contributed by atoms with van der Waals surface area (Å²) in [5.41, 5.74) is -0.714. The minimum Gasteiger partial charge on any atom is -0.497 e. The summed E-state index contributed by atoms with van der Waals surface area (Å²) in [5.74, 6) is -1.92. The second-order valence-electron chi connectivity index (χ2n) is 5.53. The highest BCUT2D eigenvalue weighted by Crippen LogP contribution is 2.26. The maximum atomic E-state index is 13.4. The number of nitro groups is 1. The Labute approximate surface area is 159 Å². The summed E-state index contributed by atoms with van der Waals surface area (Å²) in [6, 6.07) is 7.32. The number of carbonyl (C=O) groups excluding carboxylic acids is 2. The van der Waals surface area contributed by atoms with Crippen molar-refractivity contribution in [3.05, 3.63) is 57.9 Å². The molecular weight excluding hydrogens is 375 g/mol. The number of anilines is 1. The number of halogens is 1. The number of benzene rings is 2. The topological polar surface area (TPSA) is 117 Å². The van der Waals surface area contributed by atoms with E-state index in [0.29, 0.717) is 5.75 Å². The van der Waals surface area contributed by atoms with Gasteiger partial charge in [0.05, 0.1) is 19.1 Å². The summed E-state index contributed by atoms with van der Waals surface area (Å²) in [7, 11) is 2.82. The van der Waals surface area contributed by atoms with Gasteiger partial charge in [0.15, 0.2) is 6.10 Å². The Balaban J connectivity index is 2.09. The standard InChI is InChI=1S/C18H17FN2O7/c1-10(17(22)20-11-4-7-14(19)15(8-11)21(24)25)28-18(23)13-6-5-12(26-2)9-16(13)27-3/h4-10H,1-3H3,(H,20,22)/t10-/m1/s1. The Morgan fingerprint density at radius 1 is 1.14 bits per heavy atom. The van der Waals surface area contributed by atoms with E-state index < -0.39 is 34.4 Å². The summed E-state index contributed by atoms with van der Waals surface area (Å²) in [6.45, 7) is 1.32. The zero-order valence-corrected chi connectivity index (χ0v) is 15.2. The van der Waals surface area contributed by atoms with Crippen LogP contribution in [0, 0.1) is 15.9 Å². The highest BCUT2D eigenvalue weighted by Gasteiger charge is 2.23. The fraction of sp³-hybridized carbons (Fsp3) is 0.222. The summed E-state index contributed by atoms with van der Waals surface area (Å²) < 4.78 is 28.6. The van der Waals surface area contributed by atoms with Gasteiger partial charge in [-0.05, 0) is 31.2 Å². The van der Waals surface area contributed by atoms with E-state index in [1.54, 1.807) is 0 Å². The Hall–Kier alpha value is -3.69. The number of esters is 1. The van der Waals surface area contributed by atoms with Crippen molar-refractivity contribution in [2.45, 2.75) is 13.0 Å². The van der Waals surface area contributed by atoms with Crippen molar-refractivity contribution >= 4 is 23.3 Å². The zero-order chi connectivity index (χ0) is 20.8. The van der Waals surface area contributed by atoms with Gasteiger partial charge < -0.3 is 19.5 Å². The monoisotopic (exact) mass is 392 g/mol. The number of nitrogens with one attached hydrogen (secondary N) is 1. The molecule has 28 heavy (non-hydrogen) atoms. The Morgan fingerprint density at radius 3 is 2.46 bits per heavy atom. The summed E-state index contributed by atoms with van der Waals surface area (Å²) in [6.07, 6.45) is -1.23. The van der Waals surface area contributed by atoms with Crippen LogP contribution in [0.15, 0.2) is 36.4 Å². The van der Waals surface area contributed by atoms with Crippen molar-refractivity contribution in [2.24, 2.45) is 0 Å². The largest absolute Gasteiger partial charge is 0.497 e. The van der Waals surface area contributed by atoms with Gasteiger partial charge in [0.25, 0.3) is 5.91 Å². The maximum Gasteiger partial charge on any atom is 0.342 e. The molecule has 1 N–H and O–H groups in total. The van der Waals surface area contributed by atoms with Gasteiger partial charge >= 0.3 is 11.7 Å². The predicted molar refractivity (Wildman–Crippen MR) is 96.1 cm³/mol. The lowest BCUT2D eigenvalue weighted by atomic mass is 10.2. The zero-order valence-electron chi connectivity index (χ0n) is 15.2. The van der Waals surface area contributed by atoms with Crippen LogP contribution >= 0.6 is 0 Å². The summed E-state index contributed by atoms with van der Waals surface area (Å²) in [4.78, 5) is 34.4. The highest BCUT2D eigenvalue weighted by atomic mass is 19.1. The van der Waals surface area contributed by atoms with Crippen LogP contribution in [-0.2, 0) is 9.53 Å². The van der Waals surface area contributed by atoms with Crippen LogP contribution in [0.1, 0.15) is 17.3 Å². The van der Waals surface area contributed by atoms with Crippen LogP contribution in [0.4, 0.5) is 15.8 Å². The molecule has 0 aromatic heterocycles. The molecule has 1 atom stereocenters. The minimum absolute atomic E-state index is 0.0111. The van der Waals surface area contributed by atoms with Gasteiger partial charge in [-0.25, -0.2) is 4.79 Å². The third-order valence-corrected chi connectivity index (χ3v) is 3.69. The second-order valence-corrected chi connectivity index (χ2v) is 5.53. The first-order valence-electron chi connectivity index (χ1n) is 7.94. The molecule has 10 heteroatoms. The third-order valence-electron chi connectivity index (χ3n) is 3.69. The molecule has 148 valence electrons. The molecule has 0 aliphatic carbocycles. The van der Waals surface area contributed by atoms with E-state index in [9.17, 15) is 24.1 Å².